The molecule has 0 aromatic rings. The summed E-state index contributed by atoms with van der Waals surface area (Å²) in [5.41, 5.74) is 0. The predicted octanol–water partition coefficient (Wildman–Crippen LogP) is 0.0334. The van der Waals surface area contributed by atoms with Crippen molar-refractivity contribution in [3.8, 4) is 0 Å². The van der Waals surface area contributed by atoms with Gasteiger partial charge >= 0.3 is 23.1 Å². The second kappa shape index (κ2) is 17.3. The van der Waals surface area contributed by atoms with Crippen molar-refractivity contribution in [2.45, 2.75) is 26.7 Å². The van der Waals surface area contributed by atoms with Gasteiger partial charge in [0.1, 0.15) is 0 Å². The summed E-state index contributed by atoms with van der Waals surface area (Å²) < 4.78 is 46.4. The molecule has 0 aromatic carbocycles. The first-order valence-corrected chi connectivity index (χ1v) is 5.99. The molecule has 0 rings (SSSR count). The third kappa shape index (κ3) is 31.3. The third-order valence-electron chi connectivity index (χ3n) is 0.767. The molecule has 15 heavy (non-hydrogen) atoms. The van der Waals surface area contributed by atoms with Crippen LogP contribution in [0.4, 0.5) is 0 Å². The van der Waals surface area contributed by atoms with Gasteiger partial charge in [-0.05, 0) is 12.8 Å². The molecule has 6 nitrogen and oxygen atoms in total. The number of hydrogen-bond acceptors (Lipinski definition) is 6. The van der Waals surface area contributed by atoms with E-state index in [0.29, 0.717) is 0 Å². The molecule has 0 bridgehead atoms. The molecule has 0 aliphatic rings. The van der Waals surface area contributed by atoms with Crippen LogP contribution in [-0.2, 0) is 31.1 Å². The molecule has 0 radical (unpaired) electrons. The molecule has 2 unspecified atom stereocenters. The van der Waals surface area contributed by atoms with Crippen LogP contribution in [0.1, 0.15) is 26.7 Å². The Balaban J connectivity index is -0.000000180. The van der Waals surface area contributed by atoms with E-state index in [4.69, 9.17) is 0 Å². The maximum atomic E-state index is 9.54. The van der Waals surface area contributed by atoms with Gasteiger partial charge in [0.25, 0.3) is 0 Å². The van der Waals surface area contributed by atoms with E-state index in [1.165, 1.54) is 0 Å². The van der Waals surface area contributed by atoms with E-state index in [0.717, 1.165) is 12.8 Å². The van der Waals surface area contributed by atoms with Crippen LogP contribution in [0.3, 0.4) is 0 Å². The smallest absolute Gasteiger partial charge is 0.750 e. The van der Waals surface area contributed by atoms with Crippen LogP contribution < -0.4 is 0 Å². The van der Waals surface area contributed by atoms with Crippen LogP contribution in [0.25, 0.3) is 0 Å². The zero-order chi connectivity index (χ0) is 11.4. The van der Waals surface area contributed by atoms with E-state index >= 15 is 0 Å². The number of rotatable bonds is 6. The molecule has 0 heterocycles. The maximum Gasteiger partial charge on any atom is 2.00 e. The van der Waals surface area contributed by atoms with Gasteiger partial charge in [0.2, 0.25) is 0 Å². The molecular weight excluding hydrogens is 256 g/mol. The standard InChI is InChI=1S/2C3H8O3S.Mg/c2*1-2-3-6-7(4)5;/h2*2-3H2,1H3,(H,4,5);/q;;+2/p-2. The normalized spacial score (nSPS) is 13.1. The topological polar surface area (TPSA) is 98.7 Å². The Bertz CT molecular complexity index is 150. The Labute approximate surface area is 111 Å². The Morgan fingerprint density at radius 2 is 1.20 bits per heavy atom. The van der Waals surface area contributed by atoms with Crippen molar-refractivity contribution < 1.29 is 25.9 Å². The first-order valence-electron chi connectivity index (χ1n) is 3.99. The second-order valence-corrected chi connectivity index (χ2v) is 3.34. The molecule has 0 spiro atoms. The largest absolute Gasteiger partial charge is 2.00 e. The van der Waals surface area contributed by atoms with Crippen LogP contribution in [0.2, 0.25) is 0 Å². The Hall–Kier alpha value is 0.906. The summed E-state index contributed by atoms with van der Waals surface area (Å²) in [6.45, 7) is 4.26. The minimum absolute atomic E-state index is 0. The molecule has 0 aliphatic carbocycles. The second-order valence-electron chi connectivity index (χ2n) is 2.05. The van der Waals surface area contributed by atoms with Gasteiger partial charge in [-0.15, -0.1) is 0 Å². The van der Waals surface area contributed by atoms with Crippen LogP contribution in [-0.4, -0.2) is 53.8 Å². The van der Waals surface area contributed by atoms with Crippen molar-refractivity contribution in [3.63, 3.8) is 0 Å². The van der Waals surface area contributed by atoms with Crippen molar-refractivity contribution in [1.82, 2.24) is 0 Å². The van der Waals surface area contributed by atoms with Crippen molar-refractivity contribution in [2.24, 2.45) is 0 Å². The predicted molar refractivity (Wildman–Crippen MR) is 56.1 cm³/mol. The minimum atomic E-state index is -2.32. The first kappa shape index (κ1) is 21.2. The Morgan fingerprint density at radius 3 is 1.27 bits per heavy atom. The summed E-state index contributed by atoms with van der Waals surface area (Å²) in [5.74, 6) is 0. The molecule has 0 amide bonds. The van der Waals surface area contributed by atoms with E-state index in [1.54, 1.807) is 0 Å². The van der Waals surface area contributed by atoms with Crippen LogP contribution in [0.15, 0.2) is 0 Å². The van der Waals surface area contributed by atoms with Gasteiger partial charge in [0.05, 0.1) is 35.9 Å². The Kier molecular flexibility index (Phi) is 24.5. The SMILES string of the molecule is CCCOS(=O)[O-].CCCOS(=O)[O-].[Mg+2]. The maximum absolute atomic E-state index is 9.54. The summed E-state index contributed by atoms with van der Waals surface area (Å²) in [5, 5.41) is 0. The minimum Gasteiger partial charge on any atom is -0.750 e. The Morgan fingerprint density at radius 1 is 0.933 bits per heavy atom. The quantitative estimate of drug-likeness (QED) is 0.499. The van der Waals surface area contributed by atoms with E-state index in [-0.39, 0.29) is 36.3 Å². The fourth-order valence-electron chi connectivity index (χ4n) is 0.303. The van der Waals surface area contributed by atoms with Gasteiger partial charge in [-0.3, -0.25) is 0 Å². The summed E-state index contributed by atoms with van der Waals surface area (Å²) in [7, 11) is 0. The molecule has 0 aromatic heterocycles. The number of hydrogen-bond donors (Lipinski definition) is 0. The molecule has 0 fully saturated rings. The molecule has 0 aliphatic heterocycles. The van der Waals surface area contributed by atoms with E-state index in [9.17, 15) is 17.5 Å². The van der Waals surface area contributed by atoms with Gasteiger partial charge in [-0.1, -0.05) is 13.8 Å². The van der Waals surface area contributed by atoms with Crippen LogP contribution >= 0.6 is 0 Å². The summed E-state index contributed by atoms with van der Waals surface area (Å²) >= 11 is -4.63. The third-order valence-corrected chi connectivity index (χ3v) is 1.49. The van der Waals surface area contributed by atoms with Crippen molar-refractivity contribution >= 4 is 45.8 Å². The van der Waals surface area contributed by atoms with Gasteiger partial charge in [0, 0.05) is 0 Å². The van der Waals surface area contributed by atoms with E-state index in [2.05, 4.69) is 8.37 Å². The van der Waals surface area contributed by atoms with Gasteiger partial charge in [-0.25, -0.2) is 8.42 Å². The molecular formula is C6H14MgO6S2. The molecule has 9 heteroatoms. The molecule has 88 valence electrons. The van der Waals surface area contributed by atoms with Gasteiger partial charge < -0.3 is 17.5 Å². The fraction of sp³-hybridized carbons (Fsp3) is 1.00. The summed E-state index contributed by atoms with van der Waals surface area (Å²) in [6, 6.07) is 0. The van der Waals surface area contributed by atoms with Crippen LogP contribution in [0, 0.1) is 0 Å². The van der Waals surface area contributed by atoms with E-state index in [1.807, 2.05) is 13.8 Å². The molecule has 0 saturated carbocycles. The van der Waals surface area contributed by atoms with Crippen molar-refractivity contribution in [1.29, 1.82) is 0 Å². The summed E-state index contributed by atoms with van der Waals surface area (Å²) in [4.78, 5) is 0. The van der Waals surface area contributed by atoms with Crippen molar-refractivity contribution in [2.75, 3.05) is 13.2 Å². The van der Waals surface area contributed by atoms with Gasteiger partial charge in [0.15, 0.2) is 0 Å². The van der Waals surface area contributed by atoms with E-state index < -0.39 is 22.7 Å². The average molecular weight is 271 g/mol. The molecule has 2 atom stereocenters. The molecule has 0 N–H and O–H groups in total. The zero-order valence-electron chi connectivity index (χ0n) is 8.80. The summed E-state index contributed by atoms with van der Waals surface area (Å²) in [6.07, 6.45) is 1.46. The van der Waals surface area contributed by atoms with Gasteiger partial charge in [-0.2, -0.15) is 0 Å². The first-order chi connectivity index (χ1) is 6.54. The monoisotopic (exact) mass is 270 g/mol. The van der Waals surface area contributed by atoms with Crippen molar-refractivity contribution in [3.05, 3.63) is 0 Å². The molecule has 0 saturated heterocycles. The average Bonchev–Trinajstić information content (AvgIpc) is 2.12. The zero-order valence-corrected chi connectivity index (χ0v) is 11.8. The fourth-order valence-corrected chi connectivity index (χ4v) is 0.908. The van der Waals surface area contributed by atoms with Crippen LogP contribution in [0.5, 0.6) is 0 Å².